The maximum absolute atomic E-state index is 12.9. The van der Waals surface area contributed by atoms with Crippen molar-refractivity contribution in [1.29, 1.82) is 0 Å². The van der Waals surface area contributed by atoms with Gasteiger partial charge in [-0.05, 0) is 38.1 Å². The Balaban J connectivity index is 2.12. The third-order valence-electron chi connectivity index (χ3n) is 4.29. The van der Waals surface area contributed by atoms with Gasteiger partial charge in [-0.2, -0.15) is 13.2 Å². The molecule has 2 rings (SSSR count). The molecule has 0 radical (unpaired) electrons. The number of likely N-dealkylation sites (tertiary alicyclic amines) is 1. The van der Waals surface area contributed by atoms with Crippen molar-refractivity contribution in [2.75, 3.05) is 13.1 Å². The first kappa shape index (κ1) is 13.1. The second-order valence-corrected chi connectivity index (χ2v) is 5.29. The largest absolute Gasteiger partial charge is 0.405 e. The van der Waals surface area contributed by atoms with Crippen LogP contribution in [0.5, 0.6) is 0 Å². The third kappa shape index (κ3) is 2.76. The van der Waals surface area contributed by atoms with Crippen LogP contribution in [0.2, 0.25) is 0 Å². The molecule has 0 spiro atoms. The van der Waals surface area contributed by atoms with Crippen LogP contribution in [0.4, 0.5) is 13.2 Å². The van der Waals surface area contributed by atoms with Gasteiger partial charge in [0.15, 0.2) is 0 Å². The van der Waals surface area contributed by atoms with E-state index in [1.165, 1.54) is 6.42 Å². The molecule has 100 valence electrons. The van der Waals surface area contributed by atoms with Crippen molar-refractivity contribution in [2.45, 2.75) is 56.8 Å². The lowest BCUT2D eigenvalue weighted by molar-refractivity contribution is -0.195. The molecule has 1 saturated carbocycles. The van der Waals surface area contributed by atoms with Crippen molar-refractivity contribution < 1.29 is 13.2 Å². The highest BCUT2D eigenvalue weighted by Gasteiger charge is 2.47. The molecule has 2 nitrogen and oxygen atoms in total. The highest BCUT2D eigenvalue weighted by molar-refractivity contribution is 4.93. The summed E-state index contributed by atoms with van der Waals surface area (Å²) in [6, 6.07) is -1.32. The molecule has 2 aliphatic rings. The number of rotatable bonds is 2. The molecule has 1 saturated heterocycles. The van der Waals surface area contributed by atoms with E-state index in [0.29, 0.717) is 12.5 Å². The van der Waals surface area contributed by atoms with Gasteiger partial charge in [-0.25, -0.2) is 0 Å². The minimum absolute atomic E-state index is 0.118. The summed E-state index contributed by atoms with van der Waals surface area (Å²) in [7, 11) is 0. The molecule has 3 atom stereocenters. The molecule has 17 heavy (non-hydrogen) atoms. The summed E-state index contributed by atoms with van der Waals surface area (Å²) in [5.74, 6) is 0.467. The van der Waals surface area contributed by atoms with E-state index in [-0.39, 0.29) is 12.6 Å². The molecule has 2 N–H and O–H groups in total. The van der Waals surface area contributed by atoms with E-state index in [4.69, 9.17) is 5.73 Å². The molecule has 1 unspecified atom stereocenters. The van der Waals surface area contributed by atoms with E-state index in [1.807, 2.05) is 0 Å². The SMILES string of the molecule is NCC(N1CCC[C@H]2CCCC[C@H]21)C(F)(F)F. The Morgan fingerprint density at radius 2 is 1.76 bits per heavy atom. The normalized spacial score (nSPS) is 33.2. The van der Waals surface area contributed by atoms with Gasteiger partial charge in [-0.15, -0.1) is 0 Å². The van der Waals surface area contributed by atoms with Gasteiger partial charge in [0, 0.05) is 12.6 Å². The molecule has 5 heteroatoms. The first-order valence-corrected chi connectivity index (χ1v) is 6.56. The molecule has 1 aliphatic carbocycles. The standard InChI is InChI=1S/C12H21F3N2/c13-12(14,15)11(8-16)17-7-3-5-9-4-1-2-6-10(9)17/h9-11H,1-8,16H2/t9-,10-,11?/m1/s1. The Morgan fingerprint density at radius 1 is 1.12 bits per heavy atom. The van der Waals surface area contributed by atoms with Gasteiger partial charge in [0.2, 0.25) is 0 Å². The molecule has 0 aromatic carbocycles. The first-order valence-electron chi connectivity index (χ1n) is 6.56. The van der Waals surface area contributed by atoms with E-state index in [2.05, 4.69) is 0 Å². The van der Waals surface area contributed by atoms with E-state index < -0.39 is 12.2 Å². The van der Waals surface area contributed by atoms with Crippen LogP contribution in [0.1, 0.15) is 38.5 Å². The lowest BCUT2D eigenvalue weighted by atomic mass is 9.77. The summed E-state index contributed by atoms with van der Waals surface area (Å²) >= 11 is 0. The molecule has 1 aliphatic heterocycles. The summed E-state index contributed by atoms with van der Waals surface area (Å²) in [5, 5.41) is 0. The predicted molar refractivity (Wildman–Crippen MR) is 60.6 cm³/mol. The second kappa shape index (κ2) is 5.14. The molecule has 0 amide bonds. The third-order valence-corrected chi connectivity index (χ3v) is 4.29. The summed E-state index contributed by atoms with van der Waals surface area (Å²) in [5.41, 5.74) is 5.35. The topological polar surface area (TPSA) is 29.3 Å². The fourth-order valence-electron chi connectivity index (χ4n) is 3.51. The van der Waals surface area contributed by atoms with E-state index in [1.54, 1.807) is 4.90 Å². The van der Waals surface area contributed by atoms with Crippen LogP contribution in [0.3, 0.4) is 0 Å². The van der Waals surface area contributed by atoms with Gasteiger partial charge < -0.3 is 5.73 Å². The van der Waals surface area contributed by atoms with Crippen molar-refractivity contribution in [1.82, 2.24) is 4.90 Å². The Morgan fingerprint density at radius 3 is 2.41 bits per heavy atom. The zero-order valence-corrected chi connectivity index (χ0v) is 10.0. The average molecular weight is 250 g/mol. The van der Waals surface area contributed by atoms with Gasteiger partial charge in [-0.1, -0.05) is 12.8 Å². The van der Waals surface area contributed by atoms with Gasteiger partial charge in [-0.3, -0.25) is 4.90 Å². The number of hydrogen-bond donors (Lipinski definition) is 1. The highest BCUT2D eigenvalue weighted by atomic mass is 19.4. The monoisotopic (exact) mass is 250 g/mol. The number of alkyl halides is 3. The van der Waals surface area contributed by atoms with Crippen LogP contribution in [0.25, 0.3) is 0 Å². The van der Waals surface area contributed by atoms with Crippen LogP contribution in [-0.2, 0) is 0 Å². The molecule has 1 heterocycles. The summed E-state index contributed by atoms with van der Waals surface area (Å²) < 4.78 is 38.8. The Kier molecular flexibility index (Phi) is 3.98. The molecular formula is C12H21F3N2. The number of nitrogens with zero attached hydrogens (tertiary/aromatic N) is 1. The van der Waals surface area contributed by atoms with Crippen molar-refractivity contribution in [2.24, 2.45) is 11.7 Å². The Hall–Kier alpha value is -0.290. The maximum Gasteiger partial charge on any atom is 0.405 e. The second-order valence-electron chi connectivity index (χ2n) is 5.29. The van der Waals surface area contributed by atoms with Crippen LogP contribution in [0, 0.1) is 5.92 Å². The zero-order chi connectivity index (χ0) is 12.5. The number of fused-ring (bicyclic) bond motifs is 1. The van der Waals surface area contributed by atoms with E-state index in [0.717, 1.165) is 32.1 Å². The number of halogens is 3. The van der Waals surface area contributed by atoms with Crippen LogP contribution >= 0.6 is 0 Å². The highest BCUT2D eigenvalue weighted by Crippen LogP contribution is 2.38. The molecule has 0 aromatic heterocycles. The van der Waals surface area contributed by atoms with Crippen molar-refractivity contribution in [3.05, 3.63) is 0 Å². The molecule has 0 bridgehead atoms. The summed E-state index contributed by atoms with van der Waals surface area (Å²) in [6.07, 6.45) is 2.03. The minimum Gasteiger partial charge on any atom is -0.329 e. The first-order chi connectivity index (χ1) is 8.04. The quantitative estimate of drug-likeness (QED) is 0.816. The Labute approximate surface area is 100 Å². The fraction of sp³-hybridized carbons (Fsp3) is 1.00. The van der Waals surface area contributed by atoms with Crippen LogP contribution < -0.4 is 5.73 Å². The lowest BCUT2D eigenvalue weighted by Gasteiger charge is -2.47. The van der Waals surface area contributed by atoms with E-state index in [9.17, 15) is 13.2 Å². The van der Waals surface area contributed by atoms with Crippen LogP contribution in [0.15, 0.2) is 0 Å². The fourth-order valence-corrected chi connectivity index (χ4v) is 3.51. The average Bonchev–Trinajstić information content (AvgIpc) is 2.28. The predicted octanol–water partition coefficient (Wildman–Crippen LogP) is 2.53. The number of hydrogen-bond acceptors (Lipinski definition) is 2. The van der Waals surface area contributed by atoms with E-state index >= 15 is 0 Å². The van der Waals surface area contributed by atoms with Gasteiger partial charge in [0.05, 0.1) is 0 Å². The lowest BCUT2D eigenvalue weighted by Crippen LogP contribution is -2.58. The van der Waals surface area contributed by atoms with Crippen molar-refractivity contribution in [3.63, 3.8) is 0 Å². The maximum atomic E-state index is 12.9. The van der Waals surface area contributed by atoms with Crippen molar-refractivity contribution in [3.8, 4) is 0 Å². The number of piperidine rings is 1. The summed E-state index contributed by atoms with van der Waals surface area (Å²) in [4.78, 5) is 1.65. The van der Waals surface area contributed by atoms with Crippen LogP contribution in [-0.4, -0.2) is 36.2 Å². The smallest absolute Gasteiger partial charge is 0.329 e. The Bertz CT molecular complexity index is 253. The number of nitrogens with two attached hydrogens (primary N) is 1. The molecular weight excluding hydrogens is 229 g/mol. The van der Waals surface area contributed by atoms with Crippen molar-refractivity contribution >= 4 is 0 Å². The zero-order valence-electron chi connectivity index (χ0n) is 10.0. The van der Waals surface area contributed by atoms with Gasteiger partial charge in [0.1, 0.15) is 6.04 Å². The minimum atomic E-state index is -4.19. The summed E-state index contributed by atoms with van der Waals surface area (Å²) in [6.45, 7) is 0.245. The molecule has 2 fully saturated rings. The van der Waals surface area contributed by atoms with Gasteiger partial charge in [0.25, 0.3) is 0 Å². The van der Waals surface area contributed by atoms with Gasteiger partial charge >= 0.3 is 6.18 Å². The molecule has 0 aromatic rings.